The molecule has 4 rings (SSSR count). The van der Waals surface area contributed by atoms with Crippen LogP contribution in [0.2, 0.25) is 0 Å². The predicted octanol–water partition coefficient (Wildman–Crippen LogP) is 3.77. The van der Waals surface area contributed by atoms with Crippen molar-refractivity contribution in [3.8, 4) is 11.6 Å². The van der Waals surface area contributed by atoms with Gasteiger partial charge in [-0.2, -0.15) is 0 Å². The zero-order chi connectivity index (χ0) is 27.7. The van der Waals surface area contributed by atoms with Crippen molar-refractivity contribution in [1.29, 1.82) is 0 Å². The molecule has 2 aromatic rings. The Balaban J connectivity index is 1.59. The number of aromatic nitrogens is 1. The molecule has 2 amide bonds. The smallest absolute Gasteiger partial charge is 0.411 e. The molecule has 10 heteroatoms. The van der Waals surface area contributed by atoms with Gasteiger partial charge < -0.3 is 24.3 Å². The molecule has 1 N–H and O–H groups in total. The van der Waals surface area contributed by atoms with Crippen LogP contribution in [0, 0.1) is 0 Å². The second-order valence-corrected chi connectivity index (χ2v) is 10.8. The molecule has 2 heterocycles. The van der Waals surface area contributed by atoms with Crippen LogP contribution in [0.25, 0.3) is 10.8 Å². The van der Waals surface area contributed by atoms with Gasteiger partial charge in [0.05, 0.1) is 20.8 Å². The number of hydrogen-bond donors (Lipinski definition) is 1. The highest BCUT2D eigenvalue weighted by atomic mass is 16.6. The maximum atomic E-state index is 13.6. The first kappa shape index (κ1) is 27.2. The number of rotatable bonds is 6. The molecule has 1 aromatic carbocycles. The van der Waals surface area contributed by atoms with Crippen LogP contribution in [0.3, 0.4) is 0 Å². The molecule has 3 atom stereocenters. The quantitative estimate of drug-likeness (QED) is 0.448. The highest BCUT2D eigenvalue weighted by molar-refractivity contribution is 5.93. The van der Waals surface area contributed by atoms with E-state index in [-0.39, 0.29) is 19.4 Å². The Labute approximate surface area is 222 Å². The number of nitrogens with zero attached hydrogens (tertiary/aromatic N) is 2. The summed E-state index contributed by atoms with van der Waals surface area (Å²) in [7, 11) is 2.89. The number of methoxy groups -OCH3 is 2. The van der Waals surface area contributed by atoms with Gasteiger partial charge in [-0.1, -0.05) is 12.2 Å². The lowest BCUT2D eigenvalue weighted by Crippen LogP contribution is -2.58. The van der Waals surface area contributed by atoms with E-state index >= 15 is 0 Å². The Bertz CT molecular complexity index is 1250. The van der Waals surface area contributed by atoms with Crippen molar-refractivity contribution < 1.29 is 33.3 Å². The summed E-state index contributed by atoms with van der Waals surface area (Å²) < 4.78 is 22.2. The number of esters is 1. The Morgan fingerprint density at radius 3 is 2.58 bits per heavy atom. The SMILES string of the molecule is C=C1CC[C@](NC(=O)[C@@H]2C[C@@H](Oc3nccc4cc(OC)ccc34)CN2C(=O)OC(C)(C)C)(C(=O)OC)C1. The maximum absolute atomic E-state index is 13.6. The Morgan fingerprint density at radius 2 is 1.95 bits per heavy atom. The molecule has 0 unspecified atom stereocenters. The van der Waals surface area contributed by atoms with E-state index in [9.17, 15) is 14.4 Å². The van der Waals surface area contributed by atoms with Crippen molar-refractivity contribution in [2.24, 2.45) is 0 Å². The molecule has 0 bridgehead atoms. The van der Waals surface area contributed by atoms with Crippen LogP contribution in [0.1, 0.15) is 46.5 Å². The minimum atomic E-state index is -1.21. The minimum absolute atomic E-state index is 0.110. The Kier molecular flexibility index (Phi) is 7.53. The van der Waals surface area contributed by atoms with E-state index in [1.807, 2.05) is 24.3 Å². The fourth-order valence-electron chi connectivity index (χ4n) is 5.00. The predicted molar refractivity (Wildman–Crippen MR) is 140 cm³/mol. The van der Waals surface area contributed by atoms with E-state index in [1.165, 1.54) is 12.0 Å². The molecule has 1 aromatic heterocycles. The average molecular weight is 526 g/mol. The van der Waals surface area contributed by atoms with Crippen molar-refractivity contribution in [3.05, 3.63) is 42.6 Å². The molecule has 1 aliphatic heterocycles. The minimum Gasteiger partial charge on any atom is -0.497 e. The summed E-state index contributed by atoms with van der Waals surface area (Å²) in [5, 5.41) is 4.54. The fourth-order valence-corrected chi connectivity index (χ4v) is 5.00. The molecule has 38 heavy (non-hydrogen) atoms. The second-order valence-electron chi connectivity index (χ2n) is 10.8. The van der Waals surface area contributed by atoms with Gasteiger partial charge in [-0.25, -0.2) is 14.6 Å². The topological polar surface area (TPSA) is 116 Å². The second kappa shape index (κ2) is 10.5. The van der Waals surface area contributed by atoms with E-state index in [2.05, 4.69) is 16.9 Å². The van der Waals surface area contributed by atoms with E-state index in [0.717, 1.165) is 16.3 Å². The van der Waals surface area contributed by atoms with Crippen molar-refractivity contribution in [2.45, 2.75) is 69.7 Å². The molecular formula is C28H35N3O7. The summed E-state index contributed by atoms with van der Waals surface area (Å²) in [5.41, 5.74) is -1.12. The number of carbonyl (C=O) groups excluding carboxylic acids is 3. The number of benzene rings is 1. The first-order valence-electron chi connectivity index (χ1n) is 12.6. The third-order valence-electron chi connectivity index (χ3n) is 6.80. The van der Waals surface area contributed by atoms with Gasteiger partial charge in [0.1, 0.15) is 29.0 Å². The highest BCUT2D eigenvalue weighted by Crippen LogP contribution is 2.35. The number of carbonyl (C=O) groups is 3. The number of likely N-dealkylation sites (tertiary alicyclic amines) is 1. The summed E-state index contributed by atoms with van der Waals surface area (Å²) in [6, 6.07) is 6.49. The lowest BCUT2D eigenvalue weighted by atomic mass is 9.96. The van der Waals surface area contributed by atoms with Crippen LogP contribution in [0.4, 0.5) is 4.79 Å². The average Bonchev–Trinajstić information content (AvgIpc) is 3.46. The van der Waals surface area contributed by atoms with Gasteiger partial charge in [0, 0.05) is 24.4 Å². The number of amides is 2. The fraction of sp³-hybridized carbons (Fsp3) is 0.500. The van der Waals surface area contributed by atoms with E-state index in [4.69, 9.17) is 18.9 Å². The van der Waals surface area contributed by atoms with Crippen LogP contribution < -0.4 is 14.8 Å². The molecule has 1 saturated carbocycles. The van der Waals surface area contributed by atoms with Crippen LogP contribution in [-0.2, 0) is 19.1 Å². The van der Waals surface area contributed by atoms with Crippen LogP contribution in [-0.4, -0.2) is 71.9 Å². The Morgan fingerprint density at radius 1 is 1.18 bits per heavy atom. The van der Waals surface area contributed by atoms with Gasteiger partial charge in [0.25, 0.3) is 0 Å². The summed E-state index contributed by atoms with van der Waals surface area (Å²) in [5.74, 6) is 0.0862. The third kappa shape index (κ3) is 5.69. The number of pyridine rings is 1. The normalized spacial score (nSPS) is 23.3. The lowest BCUT2D eigenvalue weighted by Gasteiger charge is -2.31. The van der Waals surface area contributed by atoms with Crippen molar-refractivity contribution in [1.82, 2.24) is 15.2 Å². The zero-order valence-electron chi connectivity index (χ0n) is 22.5. The maximum Gasteiger partial charge on any atom is 0.411 e. The Hall–Kier alpha value is -3.82. The van der Waals surface area contributed by atoms with E-state index < -0.39 is 41.3 Å². The van der Waals surface area contributed by atoms with Gasteiger partial charge in [0.2, 0.25) is 11.8 Å². The molecule has 1 aliphatic carbocycles. The first-order valence-corrected chi connectivity index (χ1v) is 12.6. The monoisotopic (exact) mass is 525 g/mol. The largest absolute Gasteiger partial charge is 0.497 e. The summed E-state index contributed by atoms with van der Waals surface area (Å²) in [4.78, 5) is 45.2. The molecule has 0 radical (unpaired) electrons. The molecular weight excluding hydrogens is 490 g/mol. The van der Waals surface area contributed by atoms with Gasteiger partial charge >= 0.3 is 12.1 Å². The van der Waals surface area contributed by atoms with Crippen LogP contribution in [0.15, 0.2) is 42.6 Å². The summed E-state index contributed by atoms with van der Waals surface area (Å²) in [6.07, 6.45) is 1.92. The molecule has 1 saturated heterocycles. The summed E-state index contributed by atoms with van der Waals surface area (Å²) >= 11 is 0. The number of fused-ring (bicyclic) bond motifs is 1. The van der Waals surface area contributed by atoms with Crippen molar-refractivity contribution in [2.75, 3.05) is 20.8 Å². The molecule has 2 aliphatic rings. The van der Waals surface area contributed by atoms with E-state index in [0.29, 0.717) is 24.5 Å². The van der Waals surface area contributed by atoms with Gasteiger partial charge in [0.15, 0.2) is 0 Å². The number of hydrogen-bond acceptors (Lipinski definition) is 8. The zero-order valence-corrected chi connectivity index (χ0v) is 22.5. The van der Waals surface area contributed by atoms with E-state index in [1.54, 1.807) is 34.1 Å². The summed E-state index contributed by atoms with van der Waals surface area (Å²) in [6.45, 7) is 9.36. The number of ether oxygens (including phenoxy) is 4. The first-order chi connectivity index (χ1) is 17.9. The number of nitrogens with one attached hydrogen (secondary N) is 1. The third-order valence-corrected chi connectivity index (χ3v) is 6.80. The molecule has 10 nitrogen and oxygen atoms in total. The van der Waals surface area contributed by atoms with Crippen LogP contribution >= 0.6 is 0 Å². The molecule has 2 fully saturated rings. The van der Waals surface area contributed by atoms with Crippen molar-refractivity contribution >= 4 is 28.7 Å². The highest BCUT2D eigenvalue weighted by Gasteiger charge is 2.49. The van der Waals surface area contributed by atoms with Gasteiger partial charge in [-0.15, -0.1) is 0 Å². The molecule has 0 spiro atoms. The standard InChI is InChI=1S/C28H35N3O7/c1-17-9-11-28(15-17,25(33)36-6)30-23(32)22-14-20(16-31(22)26(34)38-27(2,3)4)37-24-21-8-7-19(35-5)13-18(21)10-12-29-24/h7-8,10,12-13,20,22H,1,9,11,14-16H2,2-6H3,(H,30,32)/t20-,22+,28-/m1/s1. The molecule has 204 valence electrons. The lowest BCUT2D eigenvalue weighted by molar-refractivity contribution is -0.151. The van der Waals surface area contributed by atoms with Gasteiger partial charge in [-0.05, 0) is 63.3 Å². The van der Waals surface area contributed by atoms with Crippen LogP contribution in [0.5, 0.6) is 11.6 Å². The van der Waals surface area contributed by atoms with Crippen molar-refractivity contribution in [3.63, 3.8) is 0 Å². The van der Waals surface area contributed by atoms with Gasteiger partial charge in [-0.3, -0.25) is 9.69 Å².